The van der Waals surface area contributed by atoms with Gasteiger partial charge in [-0.25, -0.2) is 0 Å². The van der Waals surface area contributed by atoms with Crippen molar-refractivity contribution in [2.75, 3.05) is 13.2 Å². The first-order valence-corrected chi connectivity index (χ1v) is 15.3. The number of nitrogens with zero attached hydrogens (tertiary/aromatic N) is 1. The molecule has 2 aromatic carbocycles. The van der Waals surface area contributed by atoms with E-state index in [-0.39, 0.29) is 17.1 Å². The second kappa shape index (κ2) is 13.0. The van der Waals surface area contributed by atoms with E-state index in [0.717, 1.165) is 58.4 Å². The van der Waals surface area contributed by atoms with Crippen LogP contribution in [-0.4, -0.2) is 40.7 Å². The van der Waals surface area contributed by atoms with Gasteiger partial charge in [0.05, 0.1) is 18.4 Å². The molecule has 1 unspecified atom stereocenters. The molecule has 0 saturated heterocycles. The number of aryl methyl sites for hydroxylation is 3. The van der Waals surface area contributed by atoms with Crippen LogP contribution in [-0.2, 0) is 17.2 Å². The zero-order valence-electron chi connectivity index (χ0n) is 27.6. The van der Waals surface area contributed by atoms with E-state index in [1.54, 1.807) is 19.3 Å². The highest BCUT2D eigenvalue weighted by atomic mass is 16.5. The van der Waals surface area contributed by atoms with Crippen molar-refractivity contribution in [2.24, 2.45) is 12.8 Å². The van der Waals surface area contributed by atoms with Crippen molar-refractivity contribution in [1.29, 1.82) is 0 Å². The van der Waals surface area contributed by atoms with Crippen LogP contribution >= 0.6 is 0 Å². The zero-order valence-corrected chi connectivity index (χ0v) is 27.6. The van der Waals surface area contributed by atoms with Gasteiger partial charge in [-0.1, -0.05) is 26.8 Å². The number of hydrogen-bond acceptors (Lipinski definition) is 6. The van der Waals surface area contributed by atoms with E-state index in [1.165, 1.54) is 4.57 Å². The molecule has 0 fully saturated rings. The van der Waals surface area contributed by atoms with E-state index >= 15 is 0 Å². The predicted molar refractivity (Wildman–Crippen MR) is 177 cm³/mol. The largest absolute Gasteiger partial charge is 0.488 e. The van der Waals surface area contributed by atoms with Gasteiger partial charge in [0.15, 0.2) is 6.29 Å². The number of carbonyl (C=O) groups is 1. The van der Waals surface area contributed by atoms with E-state index in [1.807, 2.05) is 39.0 Å². The van der Waals surface area contributed by atoms with Crippen LogP contribution in [0.2, 0.25) is 0 Å². The lowest BCUT2D eigenvalue weighted by Gasteiger charge is -2.28. The fourth-order valence-electron chi connectivity index (χ4n) is 5.36. The number of rotatable bonds is 12. The van der Waals surface area contributed by atoms with Crippen LogP contribution in [0.5, 0.6) is 17.2 Å². The number of ether oxygens (including phenoxy) is 3. The molecule has 0 aliphatic carbocycles. The summed E-state index contributed by atoms with van der Waals surface area (Å²) in [5.74, 6) is 2.16. The monoisotopic (exact) mass is 601 g/mol. The number of nitrogens with two attached hydrogens (primary N) is 1. The van der Waals surface area contributed by atoms with Gasteiger partial charge in [-0.15, -0.1) is 0 Å². The number of aldehydes is 1. The van der Waals surface area contributed by atoms with Crippen molar-refractivity contribution in [3.63, 3.8) is 0 Å². The molecule has 0 amide bonds. The molecule has 0 spiro atoms. The Morgan fingerprint density at radius 3 is 2.32 bits per heavy atom. The molecule has 236 valence electrons. The molecule has 0 radical (unpaired) electrons. The SMILES string of the molecule is Cc1cc(OC(C)(C)CCOC(C)CCN)cc(C)c1Oc1ccc(C(C)(C)C)cc1-c1cn(C)c(=O)c2[nH]c(C=O)cc12. The van der Waals surface area contributed by atoms with Gasteiger partial charge in [0.1, 0.15) is 28.4 Å². The summed E-state index contributed by atoms with van der Waals surface area (Å²) in [7, 11) is 1.71. The van der Waals surface area contributed by atoms with E-state index in [2.05, 4.69) is 51.7 Å². The molecule has 0 aliphatic heterocycles. The fourth-order valence-corrected chi connectivity index (χ4v) is 5.36. The lowest BCUT2D eigenvalue weighted by Crippen LogP contribution is -2.30. The van der Waals surface area contributed by atoms with Gasteiger partial charge in [-0.05, 0) is 100 Å². The summed E-state index contributed by atoms with van der Waals surface area (Å²) < 4.78 is 20.5. The number of carbonyl (C=O) groups excluding carboxylic acids is 1. The number of fused-ring (bicyclic) bond motifs is 1. The van der Waals surface area contributed by atoms with Gasteiger partial charge in [0.2, 0.25) is 0 Å². The molecule has 44 heavy (non-hydrogen) atoms. The average Bonchev–Trinajstić information content (AvgIpc) is 3.37. The number of H-pyrrole nitrogens is 1. The Bertz CT molecular complexity index is 1680. The predicted octanol–water partition coefficient (Wildman–Crippen LogP) is 7.35. The molecule has 0 bridgehead atoms. The first kappa shape index (κ1) is 33.0. The number of aromatic nitrogens is 2. The van der Waals surface area contributed by atoms with E-state index in [9.17, 15) is 9.59 Å². The average molecular weight is 602 g/mol. The quantitative estimate of drug-likeness (QED) is 0.164. The summed E-state index contributed by atoms with van der Waals surface area (Å²) in [5.41, 5.74) is 10.2. The van der Waals surface area contributed by atoms with Crippen molar-refractivity contribution in [2.45, 2.75) is 85.4 Å². The second-order valence-electron chi connectivity index (χ2n) is 13.4. The molecule has 4 aromatic rings. The third-order valence-corrected chi connectivity index (χ3v) is 7.97. The summed E-state index contributed by atoms with van der Waals surface area (Å²) >= 11 is 0. The number of hydrogen-bond donors (Lipinski definition) is 2. The maximum atomic E-state index is 12.9. The second-order valence-corrected chi connectivity index (χ2v) is 13.4. The Hall–Kier alpha value is -3.88. The first-order chi connectivity index (χ1) is 20.6. The molecule has 2 aromatic heterocycles. The van der Waals surface area contributed by atoms with Crippen LogP contribution < -0.4 is 20.8 Å². The standard InChI is InChI=1S/C36H47N3O5/c1-22-16-27(44-36(7,8)13-15-42-24(3)12-14-37)17-23(2)33(22)43-31-11-10-25(35(4,5)6)18-28(31)30-20-39(9)34(41)32-29(30)19-26(21-40)38-32/h10-11,16-21,24,38H,12-15,37H2,1-9H3. The molecular weight excluding hydrogens is 554 g/mol. The zero-order chi connectivity index (χ0) is 32.4. The van der Waals surface area contributed by atoms with Gasteiger partial charge in [0, 0.05) is 36.2 Å². The highest BCUT2D eigenvalue weighted by molar-refractivity contribution is 5.99. The third-order valence-electron chi connectivity index (χ3n) is 7.97. The maximum absolute atomic E-state index is 12.9. The van der Waals surface area contributed by atoms with Crippen LogP contribution in [0, 0.1) is 13.8 Å². The Morgan fingerprint density at radius 2 is 1.70 bits per heavy atom. The Labute approximate surface area is 260 Å². The van der Waals surface area contributed by atoms with Gasteiger partial charge in [-0.2, -0.15) is 0 Å². The summed E-state index contributed by atoms with van der Waals surface area (Å²) in [6, 6.07) is 11.9. The number of pyridine rings is 1. The van der Waals surface area contributed by atoms with Crippen molar-refractivity contribution < 1.29 is 19.0 Å². The number of aromatic amines is 1. The lowest BCUT2D eigenvalue weighted by molar-refractivity contribution is 0.0144. The van der Waals surface area contributed by atoms with Crippen LogP contribution in [0.15, 0.2) is 47.4 Å². The number of nitrogens with one attached hydrogen (secondary N) is 1. The highest BCUT2D eigenvalue weighted by Crippen LogP contribution is 2.42. The van der Waals surface area contributed by atoms with Crippen LogP contribution in [0.3, 0.4) is 0 Å². The summed E-state index contributed by atoms with van der Waals surface area (Å²) in [4.78, 5) is 27.5. The van der Waals surface area contributed by atoms with Crippen molar-refractivity contribution >= 4 is 17.2 Å². The maximum Gasteiger partial charge on any atom is 0.274 e. The summed E-state index contributed by atoms with van der Waals surface area (Å²) in [5, 5.41) is 0.673. The molecule has 0 saturated carbocycles. The van der Waals surface area contributed by atoms with Gasteiger partial charge < -0.3 is 29.5 Å². The Morgan fingerprint density at radius 1 is 1.02 bits per heavy atom. The van der Waals surface area contributed by atoms with Crippen LogP contribution in [0.1, 0.15) is 81.6 Å². The van der Waals surface area contributed by atoms with Crippen molar-refractivity contribution in [1.82, 2.24) is 9.55 Å². The van der Waals surface area contributed by atoms with E-state index in [4.69, 9.17) is 19.9 Å². The smallest absolute Gasteiger partial charge is 0.274 e. The molecule has 1 atom stereocenters. The van der Waals surface area contributed by atoms with E-state index < -0.39 is 5.60 Å². The molecular formula is C36H47N3O5. The summed E-state index contributed by atoms with van der Waals surface area (Å²) in [6.45, 7) is 17.9. The van der Waals surface area contributed by atoms with Crippen LogP contribution in [0.25, 0.3) is 22.0 Å². The Kier molecular flexibility index (Phi) is 9.76. The molecule has 0 aliphatic rings. The normalized spacial score (nSPS) is 12.9. The topological polar surface area (TPSA) is 109 Å². The fraction of sp³-hybridized carbons (Fsp3) is 0.444. The minimum Gasteiger partial charge on any atom is -0.488 e. The lowest BCUT2D eigenvalue weighted by atomic mass is 9.85. The minimum atomic E-state index is -0.425. The van der Waals surface area contributed by atoms with Crippen molar-refractivity contribution in [3.05, 3.63) is 75.3 Å². The van der Waals surface area contributed by atoms with Gasteiger partial charge in [-0.3, -0.25) is 9.59 Å². The highest BCUT2D eigenvalue weighted by Gasteiger charge is 2.24. The van der Waals surface area contributed by atoms with E-state index in [0.29, 0.717) is 35.5 Å². The molecule has 8 heteroatoms. The number of benzene rings is 2. The molecule has 8 nitrogen and oxygen atoms in total. The van der Waals surface area contributed by atoms with Crippen LogP contribution in [0.4, 0.5) is 0 Å². The van der Waals surface area contributed by atoms with Crippen molar-refractivity contribution in [3.8, 4) is 28.4 Å². The molecule has 4 rings (SSSR count). The minimum absolute atomic E-state index is 0.121. The van der Waals surface area contributed by atoms with Gasteiger partial charge >= 0.3 is 0 Å². The first-order valence-electron chi connectivity index (χ1n) is 15.3. The molecule has 2 heterocycles. The Balaban J connectivity index is 1.71. The molecule has 3 N–H and O–H groups in total. The van der Waals surface area contributed by atoms with Gasteiger partial charge in [0.25, 0.3) is 5.56 Å². The summed E-state index contributed by atoms with van der Waals surface area (Å²) in [6.07, 6.45) is 4.22. The third kappa shape index (κ3) is 7.42.